The van der Waals surface area contributed by atoms with Gasteiger partial charge in [-0.2, -0.15) is 13.1 Å². The molecule has 2 aromatic heterocycles. The number of nitrogens with one attached hydrogen (secondary N) is 2. The highest BCUT2D eigenvalue weighted by molar-refractivity contribution is 7.87. The maximum absolute atomic E-state index is 11.4. The van der Waals surface area contributed by atoms with Crippen molar-refractivity contribution in [2.45, 2.75) is 13.0 Å². The van der Waals surface area contributed by atoms with Crippen LogP contribution in [0.3, 0.4) is 0 Å². The summed E-state index contributed by atoms with van der Waals surface area (Å²) in [5.41, 5.74) is 2.97. The van der Waals surface area contributed by atoms with Crippen molar-refractivity contribution in [1.29, 1.82) is 0 Å². The van der Waals surface area contributed by atoms with E-state index in [0.717, 1.165) is 22.1 Å². The molecular formula is C16H16N4O3S. The number of fused-ring (bicyclic) bond motifs is 1. The molecule has 0 saturated heterocycles. The molecule has 1 aromatic carbocycles. The van der Waals surface area contributed by atoms with Crippen molar-refractivity contribution >= 4 is 21.2 Å². The monoisotopic (exact) mass is 344 g/mol. The Labute approximate surface area is 138 Å². The molecule has 4 N–H and O–H groups in total. The van der Waals surface area contributed by atoms with E-state index in [-0.39, 0.29) is 5.56 Å². The van der Waals surface area contributed by atoms with Gasteiger partial charge in [-0.1, -0.05) is 24.3 Å². The van der Waals surface area contributed by atoms with Crippen molar-refractivity contribution in [2.75, 3.05) is 0 Å². The molecule has 0 aliphatic carbocycles. The summed E-state index contributed by atoms with van der Waals surface area (Å²) in [5.74, 6) is 0. The van der Waals surface area contributed by atoms with Crippen molar-refractivity contribution in [1.82, 2.24) is 14.7 Å². The second-order valence-corrected chi connectivity index (χ2v) is 6.78. The Hall–Kier alpha value is -2.55. The molecule has 0 amide bonds. The average Bonchev–Trinajstić information content (AvgIpc) is 2.52. The minimum atomic E-state index is -3.76. The highest BCUT2D eigenvalue weighted by Gasteiger charge is 2.12. The first-order valence-corrected chi connectivity index (χ1v) is 8.76. The lowest BCUT2D eigenvalue weighted by Gasteiger charge is -2.13. The number of rotatable bonds is 4. The van der Waals surface area contributed by atoms with Gasteiger partial charge in [-0.15, -0.1) is 0 Å². The smallest absolute Gasteiger partial charge is 0.274 e. The number of nitrogens with zero attached hydrogens (tertiary/aromatic N) is 1. The number of nitrogens with two attached hydrogens (primary N) is 1. The third kappa shape index (κ3) is 3.51. The standard InChI is InChI=1S/C16H16N4O3S/c1-10(20-24(17,22)23)11-2-4-12(5-3-11)13-8-9-18-16-14(13)6-7-15(21)19-16/h2-10,20H,1H3,(H2,17,22,23)(H,18,19,21)/t10-/m0/s1. The number of aromatic nitrogens is 2. The van der Waals surface area contributed by atoms with Crippen LogP contribution in [0.15, 0.2) is 53.5 Å². The Morgan fingerprint density at radius 2 is 1.83 bits per heavy atom. The van der Waals surface area contributed by atoms with E-state index in [0.29, 0.717) is 5.65 Å². The fraction of sp³-hybridized carbons (Fsp3) is 0.125. The van der Waals surface area contributed by atoms with E-state index < -0.39 is 16.3 Å². The molecule has 0 fully saturated rings. The summed E-state index contributed by atoms with van der Waals surface area (Å²) in [5, 5.41) is 5.83. The van der Waals surface area contributed by atoms with Crippen LogP contribution in [0.1, 0.15) is 18.5 Å². The van der Waals surface area contributed by atoms with Gasteiger partial charge in [0.2, 0.25) is 5.56 Å². The lowest BCUT2D eigenvalue weighted by Crippen LogP contribution is -2.32. The minimum Gasteiger partial charge on any atom is -0.307 e. The van der Waals surface area contributed by atoms with Crippen LogP contribution >= 0.6 is 0 Å². The van der Waals surface area contributed by atoms with E-state index in [1.807, 2.05) is 30.3 Å². The van der Waals surface area contributed by atoms with Crippen LogP contribution in [-0.2, 0) is 10.2 Å². The largest absolute Gasteiger partial charge is 0.307 e. The van der Waals surface area contributed by atoms with Crippen molar-refractivity contribution < 1.29 is 8.42 Å². The molecule has 1 atom stereocenters. The van der Waals surface area contributed by atoms with Crippen LogP contribution in [0.4, 0.5) is 0 Å². The van der Waals surface area contributed by atoms with Gasteiger partial charge in [0.15, 0.2) is 0 Å². The van der Waals surface area contributed by atoms with E-state index in [4.69, 9.17) is 5.14 Å². The first kappa shape index (κ1) is 16.3. The van der Waals surface area contributed by atoms with E-state index in [1.165, 1.54) is 6.07 Å². The number of benzene rings is 1. The maximum Gasteiger partial charge on any atom is 0.274 e. The summed E-state index contributed by atoms with van der Waals surface area (Å²) in [6.07, 6.45) is 1.63. The second-order valence-electron chi connectivity index (χ2n) is 5.45. The van der Waals surface area contributed by atoms with E-state index >= 15 is 0 Å². The molecule has 0 aliphatic rings. The topological polar surface area (TPSA) is 118 Å². The van der Waals surface area contributed by atoms with Crippen LogP contribution in [0.5, 0.6) is 0 Å². The van der Waals surface area contributed by atoms with Gasteiger partial charge in [-0.3, -0.25) is 4.79 Å². The number of aromatic amines is 1. The summed E-state index contributed by atoms with van der Waals surface area (Å²) in [6, 6.07) is 12.1. The Balaban J connectivity index is 1.98. The van der Waals surface area contributed by atoms with Crippen LogP contribution in [-0.4, -0.2) is 18.4 Å². The Morgan fingerprint density at radius 1 is 1.12 bits per heavy atom. The Bertz CT molecular complexity index is 1040. The van der Waals surface area contributed by atoms with Crippen molar-refractivity contribution in [2.24, 2.45) is 5.14 Å². The van der Waals surface area contributed by atoms with Crippen LogP contribution in [0.2, 0.25) is 0 Å². The van der Waals surface area contributed by atoms with Crippen LogP contribution in [0.25, 0.3) is 22.2 Å². The minimum absolute atomic E-state index is 0.203. The zero-order valence-electron chi connectivity index (χ0n) is 12.9. The normalized spacial score (nSPS) is 13.1. The van der Waals surface area contributed by atoms with Gasteiger partial charge < -0.3 is 4.98 Å². The van der Waals surface area contributed by atoms with Gasteiger partial charge in [-0.25, -0.2) is 10.1 Å². The fourth-order valence-electron chi connectivity index (χ4n) is 2.58. The van der Waals surface area contributed by atoms with Gasteiger partial charge in [0.25, 0.3) is 10.2 Å². The highest BCUT2D eigenvalue weighted by Crippen LogP contribution is 2.27. The predicted molar refractivity (Wildman–Crippen MR) is 92.5 cm³/mol. The molecule has 0 aliphatic heterocycles. The number of pyridine rings is 2. The van der Waals surface area contributed by atoms with E-state index in [1.54, 1.807) is 19.2 Å². The Morgan fingerprint density at radius 3 is 2.50 bits per heavy atom. The van der Waals surface area contributed by atoms with Gasteiger partial charge in [-0.05, 0) is 35.7 Å². The molecule has 0 spiro atoms. The molecule has 3 rings (SSSR count). The Kier molecular flexibility index (Phi) is 4.18. The molecule has 7 nitrogen and oxygen atoms in total. The third-order valence-corrected chi connectivity index (χ3v) is 4.38. The van der Waals surface area contributed by atoms with Gasteiger partial charge in [0, 0.05) is 23.7 Å². The van der Waals surface area contributed by atoms with Gasteiger partial charge >= 0.3 is 0 Å². The zero-order valence-corrected chi connectivity index (χ0v) is 13.7. The first-order valence-electron chi connectivity index (χ1n) is 7.22. The van der Waals surface area contributed by atoms with Gasteiger partial charge in [0.1, 0.15) is 5.65 Å². The summed E-state index contributed by atoms with van der Waals surface area (Å²) < 4.78 is 24.5. The summed E-state index contributed by atoms with van der Waals surface area (Å²) in [4.78, 5) is 18.3. The SMILES string of the molecule is C[C@H](NS(N)(=O)=O)c1ccc(-c2ccnc3[nH]c(=O)ccc23)cc1. The average molecular weight is 344 g/mol. The lowest BCUT2D eigenvalue weighted by molar-refractivity contribution is 0.568. The molecule has 3 aromatic rings. The molecule has 0 bridgehead atoms. The second kappa shape index (κ2) is 6.16. The van der Waals surface area contributed by atoms with Crippen molar-refractivity contribution in [3.05, 3.63) is 64.6 Å². The lowest BCUT2D eigenvalue weighted by atomic mass is 10.00. The molecule has 0 unspecified atom stereocenters. The summed E-state index contributed by atoms with van der Waals surface area (Å²) >= 11 is 0. The fourth-order valence-corrected chi connectivity index (χ4v) is 3.21. The zero-order chi connectivity index (χ0) is 17.3. The molecule has 24 heavy (non-hydrogen) atoms. The predicted octanol–water partition coefficient (Wildman–Crippen LogP) is 1.44. The first-order chi connectivity index (χ1) is 11.3. The molecule has 0 radical (unpaired) electrons. The van der Waals surface area contributed by atoms with E-state index in [2.05, 4.69) is 14.7 Å². The van der Waals surface area contributed by atoms with Crippen molar-refractivity contribution in [3.8, 4) is 11.1 Å². The summed E-state index contributed by atoms with van der Waals surface area (Å²) in [6.45, 7) is 1.71. The quantitative estimate of drug-likeness (QED) is 0.663. The third-order valence-electron chi connectivity index (χ3n) is 3.70. The molecular weight excluding hydrogens is 328 g/mol. The van der Waals surface area contributed by atoms with E-state index in [9.17, 15) is 13.2 Å². The molecule has 2 heterocycles. The number of H-pyrrole nitrogens is 1. The van der Waals surface area contributed by atoms with Crippen LogP contribution < -0.4 is 15.4 Å². The molecule has 8 heteroatoms. The maximum atomic E-state index is 11.4. The molecule has 124 valence electrons. The molecule has 0 saturated carbocycles. The highest BCUT2D eigenvalue weighted by atomic mass is 32.2. The van der Waals surface area contributed by atoms with Crippen molar-refractivity contribution in [3.63, 3.8) is 0 Å². The van der Waals surface area contributed by atoms with Gasteiger partial charge in [0.05, 0.1) is 0 Å². The van der Waals surface area contributed by atoms with Crippen LogP contribution in [0, 0.1) is 0 Å². The summed E-state index contributed by atoms with van der Waals surface area (Å²) in [7, 11) is -3.76. The number of hydrogen-bond donors (Lipinski definition) is 3. The number of hydrogen-bond acceptors (Lipinski definition) is 4.